The van der Waals surface area contributed by atoms with E-state index in [1.165, 1.54) is 0 Å². The monoisotopic (exact) mass is 313 g/mol. The molecule has 0 heterocycles. The van der Waals surface area contributed by atoms with Crippen LogP contribution in [0.15, 0.2) is 12.1 Å². The fourth-order valence-corrected chi connectivity index (χ4v) is 1.28. The topological polar surface area (TPSA) is 161 Å². The Morgan fingerprint density at radius 3 is 0.842 bits per heavy atom. The SMILES string of the molecule is O=C([O-])c1cc(C(=O)[O-])c(C(=O)[O-])cc1C(=O)[O-].[Cu+4]. The third-order valence-corrected chi connectivity index (χ3v) is 2.04. The van der Waals surface area contributed by atoms with E-state index in [4.69, 9.17) is 0 Å². The second kappa shape index (κ2) is 5.98. The molecule has 0 fully saturated rings. The van der Waals surface area contributed by atoms with Crippen molar-refractivity contribution in [1.82, 2.24) is 0 Å². The number of carbonyl (C=O) groups excluding carboxylic acids is 4. The molecule has 0 aliphatic rings. The first-order chi connectivity index (χ1) is 8.25. The van der Waals surface area contributed by atoms with Crippen LogP contribution in [0.25, 0.3) is 0 Å². The Balaban J connectivity index is 0.00000324. The smallest absolute Gasteiger partial charge is 0.545 e. The van der Waals surface area contributed by atoms with E-state index >= 15 is 0 Å². The summed E-state index contributed by atoms with van der Waals surface area (Å²) >= 11 is 0. The average molecular weight is 314 g/mol. The molecule has 0 bridgehead atoms. The maximum Gasteiger partial charge on any atom is 4.00 e. The molecule has 1 radical (unpaired) electrons. The molecule has 9 heteroatoms. The van der Waals surface area contributed by atoms with Gasteiger partial charge < -0.3 is 39.6 Å². The third kappa shape index (κ3) is 3.30. The van der Waals surface area contributed by atoms with Crippen molar-refractivity contribution in [1.29, 1.82) is 0 Å². The van der Waals surface area contributed by atoms with Crippen molar-refractivity contribution in [3.8, 4) is 0 Å². The Hall–Kier alpha value is -2.38. The molecule has 0 amide bonds. The second-order valence-corrected chi connectivity index (χ2v) is 3.09. The minimum Gasteiger partial charge on any atom is -0.545 e. The predicted molar refractivity (Wildman–Crippen MR) is 43.8 cm³/mol. The van der Waals surface area contributed by atoms with E-state index in [9.17, 15) is 39.6 Å². The molecular weight excluding hydrogens is 312 g/mol. The molecule has 0 unspecified atom stereocenters. The molecule has 19 heavy (non-hydrogen) atoms. The predicted octanol–water partition coefficient (Wildman–Crippen LogP) is -4.86. The Bertz CT molecular complexity index is 479. The van der Waals surface area contributed by atoms with Crippen molar-refractivity contribution < 1.29 is 56.7 Å². The maximum absolute atomic E-state index is 10.6. The number of hydrogen-bond acceptors (Lipinski definition) is 8. The van der Waals surface area contributed by atoms with E-state index in [1.807, 2.05) is 0 Å². The van der Waals surface area contributed by atoms with Crippen LogP contribution in [0.3, 0.4) is 0 Å². The summed E-state index contributed by atoms with van der Waals surface area (Å²) in [5.41, 5.74) is -4.11. The molecular formula is C10H2CuO8. The molecule has 0 saturated carbocycles. The van der Waals surface area contributed by atoms with E-state index in [0.717, 1.165) is 0 Å². The molecule has 8 nitrogen and oxygen atoms in total. The second-order valence-electron chi connectivity index (χ2n) is 3.09. The van der Waals surface area contributed by atoms with Crippen molar-refractivity contribution in [2.75, 3.05) is 0 Å². The van der Waals surface area contributed by atoms with Gasteiger partial charge in [-0.2, -0.15) is 0 Å². The molecule has 0 atom stereocenters. The first-order valence-electron chi connectivity index (χ1n) is 4.29. The van der Waals surface area contributed by atoms with E-state index in [2.05, 4.69) is 0 Å². The van der Waals surface area contributed by atoms with Gasteiger partial charge in [-0.25, -0.2) is 0 Å². The molecule has 0 aromatic heterocycles. The van der Waals surface area contributed by atoms with E-state index in [-0.39, 0.29) is 17.1 Å². The van der Waals surface area contributed by atoms with Crippen LogP contribution in [0.2, 0.25) is 0 Å². The number of carbonyl (C=O) groups is 4. The summed E-state index contributed by atoms with van der Waals surface area (Å²) in [6.45, 7) is 0. The van der Waals surface area contributed by atoms with Gasteiger partial charge in [0, 0.05) is 22.3 Å². The largest absolute Gasteiger partial charge is 4.00 e. The first-order valence-corrected chi connectivity index (χ1v) is 4.29. The molecule has 1 aromatic carbocycles. The van der Waals surface area contributed by atoms with Crippen LogP contribution in [0, 0.1) is 0 Å². The Kier molecular flexibility index (Phi) is 5.23. The number of carboxylic acid groups (broad SMARTS) is 4. The summed E-state index contributed by atoms with van der Waals surface area (Å²) in [6.07, 6.45) is 0. The quantitative estimate of drug-likeness (QED) is 0.500. The van der Waals surface area contributed by atoms with Crippen molar-refractivity contribution >= 4 is 23.9 Å². The number of aromatic carboxylic acids is 4. The van der Waals surface area contributed by atoms with Gasteiger partial charge in [0.05, 0.1) is 23.9 Å². The van der Waals surface area contributed by atoms with Gasteiger partial charge in [-0.05, 0) is 12.1 Å². The normalized spacial score (nSPS) is 9.26. The summed E-state index contributed by atoms with van der Waals surface area (Å²) < 4.78 is 0. The van der Waals surface area contributed by atoms with Gasteiger partial charge in [0.25, 0.3) is 0 Å². The summed E-state index contributed by atoms with van der Waals surface area (Å²) in [6, 6.07) is 0.613. The van der Waals surface area contributed by atoms with Gasteiger partial charge in [-0.15, -0.1) is 0 Å². The zero-order chi connectivity index (χ0) is 14.0. The minimum absolute atomic E-state index is 0. The molecule has 0 spiro atoms. The summed E-state index contributed by atoms with van der Waals surface area (Å²) in [4.78, 5) is 42.4. The Morgan fingerprint density at radius 2 is 0.737 bits per heavy atom. The van der Waals surface area contributed by atoms with Crippen LogP contribution in [0.5, 0.6) is 0 Å². The van der Waals surface area contributed by atoms with E-state index in [0.29, 0.717) is 12.1 Å². The van der Waals surface area contributed by atoms with Crippen LogP contribution in [-0.4, -0.2) is 23.9 Å². The minimum atomic E-state index is -2.00. The fraction of sp³-hybridized carbons (Fsp3) is 0. The molecule has 0 saturated heterocycles. The summed E-state index contributed by atoms with van der Waals surface area (Å²) in [5.74, 6) is -7.99. The number of carboxylic acids is 4. The van der Waals surface area contributed by atoms with Gasteiger partial charge in [0.1, 0.15) is 0 Å². The third-order valence-electron chi connectivity index (χ3n) is 2.04. The molecule has 1 aromatic rings. The summed E-state index contributed by atoms with van der Waals surface area (Å²) in [5, 5.41) is 42.4. The van der Waals surface area contributed by atoms with Crippen LogP contribution in [0.4, 0.5) is 0 Å². The zero-order valence-corrected chi connectivity index (χ0v) is 9.66. The van der Waals surface area contributed by atoms with Crippen LogP contribution in [-0.2, 0) is 17.1 Å². The van der Waals surface area contributed by atoms with Gasteiger partial charge >= 0.3 is 17.1 Å². The molecule has 0 N–H and O–H groups in total. The molecule has 1 rings (SSSR count). The van der Waals surface area contributed by atoms with Crippen molar-refractivity contribution in [2.24, 2.45) is 0 Å². The van der Waals surface area contributed by atoms with Crippen molar-refractivity contribution in [3.05, 3.63) is 34.4 Å². The fourth-order valence-electron chi connectivity index (χ4n) is 1.28. The van der Waals surface area contributed by atoms with E-state index in [1.54, 1.807) is 0 Å². The zero-order valence-electron chi connectivity index (χ0n) is 8.72. The van der Waals surface area contributed by atoms with Crippen LogP contribution >= 0.6 is 0 Å². The van der Waals surface area contributed by atoms with Gasteiger partial charge in [0.15, 0.2) is 0 Å². The van der Waals surface area contributed by atoms with Gasteiger partial charge in [-0.3, -0.25) is 0 Å². The Labute approximate surface area is 115 Å². The van der Waals surface area contributed by atoms with Crippen LogP contribution < -0.4 is 20.4 Å². The number of rotatable bonds is 4. The molecule has 0 aliphatic carbocycles. The average Bonchev–Trinajstić information content (AvgIpc) is 2.26. The first kappa shape index (κ1) is 16.6. The van der Waals surface area contributed by atoms with Gasteiger partial charge in [-0.1, -0.05) is 0 Å². The van der Waals surface area contributed by atoms with Gasteiger partial charge in [0.2, 0.25) is 0 Å². The summed E-state index contributed by atoms with van der Waals surface area (Å²) in [7, 11) is 0. The maximum atomic E-state index is 10.6. The van der Waals surface area contributed by atoms with Crippen molar-refractivity contribution in [3.63, 3.8) is 0 Å². The number of benzene rings is 1. The van der Waals surface area contributed by atoms with Crippen LogP contribution in [0.1, 0.15) is 41.4 Å². The number of hydrogen-bond donors (Lipinski definition) is 0. The molecule has 101 valence electrons. The van der Waals surface area contributed by atoms with E-state index < -0.39 is 46.1 Å². The molecule has 0 aliphatic heterocycles. The Morgan fingerprint density at radius 1 is 0.579 bits per heavy atom. The van der Waals surface area contributed by atoms with Crippen molar-refractivity contribution in [2.45, 2.75) is 0 Å². The standard InChI is InChI=1S/C10H6O8.Cu/c11-7(12)3-1-4(8(13)14)6(10(17)18)2-5(3)9(15)16;/h1-2H,(H,11,12)(H,13,14)(H,15,16)(H,17,18);/q;+4/p-4.